The number of halogens is 1. The van der Waals surface area contributed by atoms with Crippen molar-refractivity contribution >= 4 is 38.0 Å². The molecule has 0 saturated carbocycles. The molecule has 0 atom stereocenters. The van der Waals surface area contributed by atoms with Gasteiger partial charge in [0.25, 0.3) is 0 Å². The summed E-state index contributed by atoms with van der Waals surface area (Å²) in [6.07, 6.45) is 0.00227. The van der Waals surface area contributed by atoms with E-state index in [1.165, 1.54) is 0 Å². The molecule has 0 bridgehead atoms. The van der Waals surface area contributed by atoms with Gasteiger partial charge in [-0.15, -0.1) is 0 Å². The first-order valence-corrected chi connectivity index (χ1v) is 8.48. The summed E-state index contributed by atoms with van der Waals surface area (Å²) in [5.74, 6) is 0. The highest BCUT2D eigenvalue weighted by Gasteiger charge is 2.23. The van der Waals surface area contributed by atoms with E-state index in [9.17, 15) is 4.57 Å². The van der Waals surface area contributed by atoms with Crippen LogP contribution >= 0.6 is 38.0 Å². The van der Waals surface area contributed by atoms with Crippen molar-refractivity contribution < 1.29 is 17.8 Å². The van der Waals surface area contributed by atoms with Crippen LogP contribution in [-0.2, 0) is 17.8 Å². The molecule has 0 aliphatic heterocycles. The standard InChI is InChI=1S/C5H12IO4PS/c1-3-8-11(7,9-4-2)5-10-12-6/h3-5H2,1-2H3. The number of hydrogen-bond acceptors (Lipinski definition) is 5. The summed E-state index contributed by atoms with van der Waals surface area (Å²) in [7, 11) is -1.87. The highest BCUT2D eigenvalue weighted by atomic mass is 127. The normalized spacial score (nSPS) is 11.9. The lowest BCUT2D eigenvalue weighted by molar-refractivity contribution is 0.203. The highest BCUT2D eigenvalue weighted by molar-refractivity contribution is 14.2. The third-order valence-corrected chi connectivity index (χ3v) is 3.80. The molecule has 0 radical (unpaired) electrons. The average Bonchev–Trinajstić information content (AvgIpc) is 2.02. The Labute approximate surface area is 89.0 Å². The Morgan fingerprint density at radius 2 is 1.83 bits per heavy atom. The van der Waals surface area contributed by atoms with Crippen molar-refractivity contribution in [2.75, 3.05) is 19.6 Å². The van der Waals surface area contributed by atoms with Crippen molar-refractivity contribution in [2.45, 2.75) is 13.8 Å². The molecule has 4 nitrogen and oxygen atoms in total. The lowest BCUT2D eigenvalue weighted by Crippen LogP contribution is -2.00. The molecule has 74 valence electrons. The Kier molecular flexibility index (Phi) is 8.33. The van der Waals surface area contributed by atoms with E-state index < -0.39 is 7.60 Å². The van der Waals surface area contributed by atoms with Crippen LogP contribution in [0.1, 0.15) is 13.8 Å². The van der Waals surface area contributed by atoms with Crippen molar-refractivity contribution in [2.24, 2.45) is 0 Å². The number of rotatable bonds is 7. The topological polar surface area (TPSA) is 44.8 Å². The second-order valence-corrected chi connectivity index (χ2v) is 5.19. The molecule has 0 rings (SSSR count). The van der Waals surface area contributed by atoms with Crippen LogP contribution in [0.4, 0.5) is 0 Å². The summed E-state index contributed by atoms with van der Waals surface area (Å²) in [4.78, 5) is 0. The van der Waals surface area contributed by atoms with Crippen LogP contribution in [0.15, 0.2) is 0 Å². The van der Waals surface area contributed by atoms with Crippen LogP contribution in [0.2, 0.25) is 0 Å². The van der Waals surface area contributed by atoms with E-state index in [-0.39, 0.29) is 6.35 Å². The molecule has 0 heterocycles. The summed E-state index contributed by atoms with van der Waals surface area (Å²) in [6.45, 7) is 4.27. The molecule has 0 aromatic carbocycles. The Morgan fingerprint density at radius 1 is 1.33 bits per heavy atom. The molecule has 0 fully saturated rings. The molecule has 0 amide bonds. The fourth-order valence-corrected chi connectivity index (χ4v) is 3.30. The molecule has 0 N–H and O–H groups in total. The average molecular weight is 326 g/mol. The zero-order valence-corrected chi connectivity index (χ0v) is 10.9. The van der Waals surface area contributed by atoms with Gasteiger partial charge in [-0.2, -0.15) is 0 Å². The summed E-state index contributed by atoms with van der Waals surface area (Å²) in [6, 6.07) is 0. The van der Waals surface area contributed by atoms with Gasteiger partial charge in [-0.05, 0) is 13.8 Å². The molecule has 0 aliphatic carbocycles. The summed E-state index contributed by atoms with van der Waals surface area (Å²) < 4.78 is 26.4. The van der Waals surface area contributed by atoms with Gasteiger partial charge in [0.2, 0.25) is 0 Å². The van der Waals surface area contributed by atoms with Gasteiger partial charge in [-0.1, -0.05) is 0 Å². The maximum absolute atomic E-state index is 11.6. The van der Waals surface area contributed by atoms with Crippen molar-refractivity contribution in [1.29, 1.82) is 0 Å². The van der Waals surface area contributed by atoms with Crippen LogP contribution in [0, 0.1) is 0 Å². The van der Waals surface area contributed by atoms with E-state index in [0.717, 1.165) is 9.21 Å². The first-order valence-electron chi connectivity index (χ1n) is 3.47. The summed E-state index contributed by atoms with van der Waals surface area (Å²) in [5.41, 5.74) is 0. The maximum Gasteiger partial charge on any atom is 0.357 e. The van der Waals surface area contributed by atoms with E-state index in [1.54, 1.807) is 13.8 Å². The van der Waals surface area contributed by atoms with Gasteiger partial charge in [-0.25, -0.2) is 0 Å². The molecule has 12 heavy (non-hydrogen) atoms. The maximum atomic E-state index is 11.6. The molecule has 0 aromatic rings. The van der Waals surface area contributed by atoms with Crippen molar-refractivity contribution in [1.82, 2.24) is 0 Å². The molecule has 0 aromatic heterocycles. The van der Waals surface area contributed by atoms with Gasteiger partial charge in [-0.3, -0.25) is 8.75 Å². The Hall–Kier alpha value is 1.19. The van der Waals surface area contributed by atoms with Crippen LogP contribution in [0.5, 0.6) is 0 Å². The smallest absolute Gasteiger partial charge is 0.307 e. The quantitative estimate of drug-likeness (QED) is 0.408. The van der Waals surface area contributed by atoms with E-state index in [1.807, 2.05) is 21.2 Å². The van der Waals surface area contributed by atoms with Crippen LogP contribution < -0.4 is 0 Å². The van der Waals surface area contributed by atoms with E-state index >= 15 is 0 Å². The lowest BCUT2D eigenvalue weighted by Gasteiger charge is -2.15. The molecule has 7 heteroatoms. The fraction of sp³-hybridized carbons (Fsp3) is 1.00. The number of hydrogen-bond donors (Lipinski definition) is 0. The van der Waals surface area contributed by atoms with Crippen LogP contribution in [-0.4, -0.2) is 19.6 Å². The monoisotopic (exact) mass is 326 g/mol. The minimum absolute atomic E-state index is 0.00227. The zero-order chi connectivity index (χ0) is 9.45. The van der Waals surface area contributed by atoms with Gasteiger partial charge in [0, 0.05) is 21.2 Å². The zero-order valence-electron chi connectivity index (χ0n) is 6.99. The second-order valence-electron chi connectivity index (χ2n) is 1.76. The minimum atomic E-state index is -2.98. The van der Waals surface area contributed by atoms with Crippen molar-refractivity contribution in [3.63, 3.8) is 0 Å². The van der Waals surface area contributed by atoms with Crippen molar-refractivity contribution in [3.8, 4) is 0 Å². The van der Waals surface area contributed by atoms with E-state index in [4.69, 9.17) is 13.2 Å². The lowest BCUT2D eigenvalue weighted by atomic mass is 10.9. The van der Waals surface area contributed by atoms with Gasteiger partial charge < -0.3 is 9.05 Å². The third kappa shape index (κ3) is 5.77. The van der Waals surface area contributed by atoms with Gasteiger partial charge in [0.1, 0.15) is 0 Å². The Balaban J connectivity index is 3.90. The second kappa shape index (κ2) is 7.58. The van der Waals surface area contributed by atoms with Gasteiger partial charge in [0.15, 0.2) is 6.35 Å². The Bertz CT molecular complexity index is 146. The molecular weight excluding hydrogens is 314 g/mol. The van der Waals surface area contributed by atoms with Crippen LogP contribution in [0.3, 0.4) is 0 Å². The van der Waals surface area contributed by atoms with Crippen LogP contribution in [0.25, 0.3) is 0 Å². The predicted molar refractivity (Wildman–Crippen MR) is 58.4 cm³/mol. The summed E-state index contributed by atoms with van der Waals surface area (Å²) in [5, 5.41) is 0. The van der Waals surface area contributed by atoms with Gasteiger partial charge >= 0.3 is 7.60 Å². The summed E-state index contributed by atoms with van der Waals surface area (Å²) >= 11 is 1.95. The molecular formula is C5H12IO4PS. The van der Waals surface area contributed by atoms with Gasteiger partial charge in [0.05, 0.1) is 22.4 Å². The fourth-order valence-electron chi connectivity index (χ4n) is 0.590. The molecule has 0 spiro atoms. The first kappa shape index (κ1) is 13.2. The molecule has 0 aliphatic rings. The van der Waals surface area contributed by atoms with E-state index in [0.29, 0.717) is 13.2 Å². The minimum Gasteiger partial charge on any atom is -0.307 e. The molecule has 0 unspecified atom stereocenters. The third-order valence-electron chi connectivity index (χ3n) is 0.907. The molecule has 0 saturated heterocycles. The Morgan fingerprint density at radius 3 is 2.17 bits per heavy atom. The first-order chi connectivity index (χ1) is 5.68. The largest absolute Gasteiger partial charge is 0.357 e. The van der Waals surface area contributed by atoms with Crippen molar-refractivity contribution in [3.05, 3.63) is 0 Å². The van der Waals surface area contributed by atoms with E-state index in [2.05, 4.69) is 0 Å². The SMILES string of the molecule is CCOP(=O)(COSI)OCC. The predicted octanol–water partition coefficient (Wildman–Crippen LogP) is 3.22. The highest BCUT2D eigenvalue weighted by Crippen LogP contribution is 2.48.